The fraction of sp³-hybridized carbons (Fsp3) is 0.143. The van der Waals surface area contributed by atoms with Gasteiger partial charge < -0.3 is 10.0 Å². The maximum absolute atomic E-state index is 11.2. The number of phenolic OH excluding ortho intramolecular Hbond substituents is 1. The van der Waals surface area contributed by atoms with Gasteiger partial charge in [-0.25, -0.2) is 0 Å². The van der Waals surface area contributed by atoms with Crippen molar-refractivity contribution in [2.75, 3.05) is 19.0 Å². The Morgan fingerprint density at radius 1 is 0.706 bits per heavy atom. The maximum atomic E-state index is 11.2. The van der Waals surface area contributed by atoms with Gasteiger partial charge in [0.05, 0.1) is 0 Å². The molecule has 4 rings (SSSR count). The molecule has 2 nitrogen and oxygen atoms in total. The first-order valence-electron chi connectivity index (χ1n) is 10.9. The minimum atomic E-state index is -0.556. The molecule has 0 aliphatic heterocycles. The van der Waals surface area contributed by atoms with Gasteiger partial charge in [0, 0.05) is 36.8 Å². The molecule has 1 atom stereocenters. The SMILES string of the molecule is CN(C)c1ccccc1Pc1cc(Cc2ccccc2)cc(Cc2ccccc2)c1O.[Cl][Ti][Cl]. The molecule has 0 aliphatic rings. The number of hydrogen-bond donors (Lipinski definition) is 1. The predicted molar refractivity (Wildman–Crippen MR) is 147 cm³/mol. The van der Waals surface area contributed by atoms with Gasteiger partial charge in [-0.3, -0.25) is 0 Å². The molecule has 1 unspecified atom stereocenters. The van der Waals surface area contributed by atoms with Crippen molar-refractivity contribution in [3.8, 4) is 5.75 Å². The minimum absolute atomic E-state index is 0.390. The van der Waals surface area contributed by atoms with Crippen LogP contribution in [0, 0.1) is 0 Å². The third-order valence-corrected chi connectivity index (χ3v) is 6.73. The van der Waals surface area contributed by atoms with Crippen molar-refractivity contribution in [1.82, 2.24) is 0 Å². The van der Waals surface area contributed by atoms with Crippen molar-refractivity contribution in [1.29, 1.82) is 0 Å². The molecule has 0 bridgehead atoms. The van der Waals surface area contributed by atoms with Crippen LogP contribution >= 0.6 is 27.2 Å². The number of anilines is 1. The second-order valence-electron chi connectivity index (χ2n) is 8.08. The normalized spacial score (nSPS) is 10.6. The van der Waals surface area contributed by atoms with E-state index in [1.165, 1.54) is 27.7 Å². The first-order chi connectivity index (χ1) is 16.5. The average Bonchev–Trinajstić information content (AvgIpc) is 2.84. The van der Waals surface area contributed by atoms with Gasteiger partial charge in [0.1, 0.15) is 5.75 Å². The van der Waals surface area contributed by atoms with Crippen molar-refractivity contribution in [3.05, 3.63) is 119 Å². The third-order valence-electron chi connectivity index (χ3n) is 5.39. The summed E-state index contributed by atoms with van der Waals surface area (Å²) in [7, 11) is 14.3. The number of aromatic hydroxyl groups is 1. The van der Waals surface area contributed by atoms with Crippen molar-refractivity contribution in [2.24, 2.45) is 0 Å². The Hall–Kier alpha value is -1.80. The summed E-state index contributed by atoms with van der Waals surface area (Å²) >= 11 is -0.556. The number of rotatable bonds is 7. The van der Waals surface area contributed by atoms with Gasteiger partial charge in [0.2, 0.25) is 0 Å². The van der Waals surface area contributed by atoms with Crippen molar-refractivity contribution in [3.63, 3.8) is 0 Å². The second-order valence-corrected chi connectivity index (χ2v) is 12.0. The van der Waals surface area contributed by atoms with Gasteiger partial charge in [0.15, 0.2) is 0 Å². The van der Waals surface area contributed by atoms with E-state index in [-0.39, 0.29) is 0 Å². The van der Waals surface area contributed by atoms with E-state index in [1.54, 1.807) is 0 Å². The second kappa shape index (κ2) is 13.9. The van der Waals surface area contributed by atoms with E-state index >= 15 is 0 Å². The van der Waals surface area contributed by atoms with Crippen LogP contribution < -0.4 is 15.5 Å². The molecule has 0 aliphatic carbocycles. The van der Waals surface area contributed by atoms with Crippen LogP contribution in [0.4, 0.5) is 5.69 Å². The number of para-hydroxylation sites is 1. The van der Waals surface area contributed by atoms with Crippen LogP contribution in [0.2, 0.25) is 0 Å². The number of phenols is 1. The molecule has 1 N–H and O–H groups in total. The summed E-state index contributed by atoms with van der Waals surface area (Å²) in [5.74, 6) is 0.424. The summed E-state index contributed by atoms with van der Waals surface area (Å²) in [5, 5.41) is 13.5. The van der Waals surface area contributed by atoms with Crippen molar-refractivity contribution in [2.45, 2.75) is 12.8 Å². The number of nitrogens with zero attached hydrogens (tertiary/aromatic N) is 1. The van der Waals surface area contributed by atoms with Gasteiger partial charge >= 0.3 is 35.6 Å². The molecule has 0 saturated carbocycles. The first kappa shape index (κ1) is 26.8. The molecule has 0 fully saturated rings. The Kier molecular flexibility index (Phi) is 11.0. The predicted octanol–water partition coefficient (Wildman–Crippen LogP) is 6.65. The molecule has 0 heterocycles. The molecule has 0 aromatic heterocycles. The summed E-state index contributed by atoms with van der Waals surface area (Å²) in [5.41, 5.74) is 5.90. The van der Waals surface area contributed by atoms with Crippen LogP contribution in [0.3, 0.4) is 0 Å². The van der Waals surface area contributed by atoms with E-state index in [2.05, 4.69) is 104 Å². The molecule has 174 valence electrons. The summed E-state index contributed by atoms with van der Waals surface area (Å²) in [4.78, 5) is 2.14. The van der Waals surface area contributed by atoms with Gasteiger partial charge in [-0.1, -0.05) is 93.5 Å². The van der Waals surface area contributed by atoms with E-state index in [4.69, 9.17) is 18.6 Å². The number of benzene rings is 4. The van der Waals surface area contributed by atoms with Gasteiger partial charge in [0.25, 0.3) is 0 Å². The van der Waals surface area contributed by atoms with E-state index in [0.29, 0.717) is 14.3 Å². The topological polar surface area (TPSA) is 23.5 Å². The Morgan fingerprint density at radius 3 is 1.82 bits per heavy atom. The van der Waals surface area contributed by atoms with E-state index in [0.717, 1.165) is 23.7 Å². The molecular formula is C28H28Cl2NOPTi. The molecule has 4 aromatic carbocycles. The van der Waals surface area contributed by atoms with E-state index < -0.39 is 17.0 Å². The van der Waals surface area contributed by atoms with Gasteiger partial charge in [-0.2, -0.15) is 0 Å². The fourth-order valence-electron chi connectivity index (χ4n) is 3.85. The average molecular weight is 544 g/mol. The summed E-state index contributed by atoms with van der Waals surface area (Å²) in [6.45, 7) is 0. The quantitative estimate of drug-likeness (QED) is 0.208. The Balaban J connectivity index is 0.00000103. The van der Waals surface area contributed by atoms with E-state index in [1.807, 2.05) is 12.1 Å². The molecule has 0 radical (unpaired) electrons. The van der Waals surface area contributed by atoms with Crippen LogP contribution in [-0.2, 0) is 29.9 Å². The number of hydrogen-bond acceptors (Lipinski definition) is 2. The van der Waals surface area contributed by atoms with Crippen molar-refractivity contribution >= 4 is 43.5 Å². The molecule has 0 amide bonds. The molecule has 34 heavy (non-hydrogen) atoms. The fourth-order valence-corrected chi connectivity index (χ4v) is 5.30. The molecular weight excluding hydrogens is 516 g/mol. The summed E-state index contributed by atoms with van der Waals surface area (Å²) < 4.78 is 0. The van der Waals surface area contributed by atoms with Crippen LogP contribution in [0.1, 0.15) is 22.3 Å². The third kappa shape index (κ3) is 7.87. The molecule has 0 saturated heterocycles. The van der Waals surface area contributed by atoms with Gasteiger partial charge in [-0.05, 0) is 40.8 Å². The zero-order valence-electron chi connectivity index (χ0n) is 19.3. The molecule has 6 heteroatoms. The van der Waals surface area contributed by atoms with Crippen LogP contribution in [0.15, 0.2) is 97.1 Å². The monoisotopic (exact) mass is 543 g/mol. The van der Waals surface area contributed by atoms with Crippen molar-refractivity contribution < 1.29 is 22.1 Å². The summed E-state index contributed by atoms with van der Waals surface area (Å²) in [6.07, 6.45) is 1.58. The first-order valence-corrected chi connectivity index (χ1v) is 16.2. The molecule has 4 aromatic rings. The standard InChI is InChI=1S/C28H28NOP.2ClH.Ti/c1-29(2)25-15-9-10-16-26(25)31-27-20-23(17-21-11-5-3-6-12-21)19-24(28(27)30)18-22-13-7-4-8-14-22;;;/h3-16,19-20,30-31H,17-18H2,1-2H3;2*1H;/q;;;+2/p-2. The van der Waals surface area contributed by atoms with E-state index in [9.17, 15) is 5.11 Å². The number of halogens is 2. The summed E-state index contributed by atoms with van der Waals surface area (Å²) in [6, 6.07) is 33.7. The Labute approximate surface area is 221 Å². The zero-order chi connectivity index (χ0) is 24.3. The van der Waals surface area contributed by atoms with Crippen LogP contribution in [0.25, 0.3) is 0 Å². The van der Waals surface area contributed by atoms with Gasteiger partial charge in [-0.15, -0.1) is 0 Å². The molecule has 0 spiro atoms. The van der Waals surface area contributed by atoms with Crippen LogP contribution in [0.5, 0.6) is 5.75 Å². The zero-order valence-corrected chi connectivity index (χ0v) is 23.4. The Morgan fingerprint density at radius 2 is 1.24 bits per heavy atom. The van der Waals surface area contributed by atoms with Crippen LogP contribution in [-0.4, -0.2) is 19.2 Å². The Bertz CT molecular complexity index is 1170.